The summed E-state index contributed by atoms with van der Waals surface area (Å²) in [5, 5.41) is 2.96. The summed E-state index contributed by atoms with van der Waals surface area (Å²) in [5.74, 6) is 0.746. The molecule has 0 aliphatic rings. The molecule has 1 amide bonds. The van der Waals surface area contributed by atoms with Crippen molar-refractivity contribution in [3.8, 4) is 5.75 Å². The highest BCUT2D eigenvalue weighted by atomic mass is 16.5. The number of nitrogens with one attached hydrogen (secondary N) is 1. The second-order valence-corrected chi connectivity index (χ2v) is 5.64. The zero-order chi connectivity index (χ0) is 16.0. The van der Waals surface area contributed by atoms with Gasteiger partial charge in [0.05, 0.1) is 7.11 Å². The van der Waals surface area contributed by atoms with Crippen molar-refractivity contribution in [1.29, 1.82) is 0 Å². The molecule has 4 nitrogen and oxygen atoms in total. The monoisotopic (exact) mass is 293 g/mol. The molecule has 1 N–H and O–H groups in total. The Labute approximate surface area is 127 Å². The molecule has 0 radical (unpaired) electrons. The van der Waals surface area contributed by atoms with Crippen molar-refractivity contribution in [2.24, 2.45) is 0 Å². The van der Waals surface area contributed by atoms with Gasteiger partial charge in [0.2, 0.25) is 0 Å². The van der Waals surface area contributed by atoms with Gasteiger partial charge in [0.25, 0.3) is 5.91 Å². The lowest BCUT2D eigenvalue weighted by Crippen LogP contribution is -2.41. The van der Waals surface area contributed by atoms with Crippen molar-refractivity contribution in [2.45, 2.75) is 52.6 Å². The summed E-state index contributed by atoms with van der Waals surface area (Å²) in [5.41, 5.74) is 1.98. The quantitative estimate of drug-likeness (QED) is 0.830. The number of amides is 1. The lowest BCUT2D eigenvalue weighted by atomic mass is 9.97. The Morgan fingerprint density at radius 2 is 1.81 bits per heavy atom. The molecule has 1 aromatic rings. The number of unbranched alkanes of at least 4 members (excludes halogenated alkanes) is 1. The first kappa shape index (κ1) is 17.5. The number of hydrogen-bond donors (Lipinski definition) is 1. The normalized spacial score (nSPS) is 13.6. The SMILES string of the molecule is CCCCC(C)(OC)C(=O)Nc1cc(C)c(OC)c(C)c1. The predicted octanol–water partition coefficient (Wildman–Crippen LogP) is 3.85. The minimum Gasteiger partial charge on any atom is -0.496 e. The Morgan fingerprint density at radius 1 is 1.24 bits per heavy atom. The standard InChI is InChI=1S/C17H27NO3/c1-7-8-9-17(4,21-6)16(19)18-14-10-12(2)15(20-5)13(3)11-14/h10-11H,7-9H2,1-6H3,(H,18,19). The van der Waals surface area contributed by atoms with Gasteiger partial charge in [0.1, 0.15) is 11.4 Å². The summed E-state index contributed by atoms with van der Waals surface area (Å²) >= 11 is 0. The molecule has 1 atom stereocenters. The summed E-state index contributed by atoms with van der Waals surface area (Å²) in [6, 6.07) is 3.83. The van der Waals surface area contributed by atoms with E-state index in [1.165, 1.54) is 0 Å². The van der Waals surface area contributed by atoms with E-state index in [-0.39, 0.29) is 5.91 Å². The molecule has 118 valence electrons. The lowest BCUT2D eigenvalue weighted by molar-refractivity contribution is -0.136. The van der Waals surface area contributed by atoms with Gasteiger partial charge in [0, 0.05) is 12.8 Å². The van der Waals surface area contributed by atoms with E-state index in [0.717, 1.165) is 35.4 Å². The second-order valence-electron chi connectivity index (χ2n) is 5.64. The van der Waals surface area contributed by atoms with Gasteiger partial charge < -0.3 is 14.8 Å². The summed E-state index contributed by atoms with van der Waals surface area (Å²) < 4.78 is 10.8. The van der Waals surface area contributed by atoms with E-state index in [4.69, 9.17) is 9.47 Å². The molecule has 0 saturated heterocycles. The van der Waals surface area contributed by atoms with Gasteiger partial charge in [0.15, 0.2) is 0 Å². The zero-order valence-electron chi connectivity index (χ0n) is 14.0. The fourth-order valence-electron chi connectivity index (χ4n) is 2.43. The Morgan fingerprint density at radius 3 is 2.24 bits per heavy atom. The molecule has 0 spiro atoms. The predicted molar refractivity (Wildman–Crippen MR) is 86.0 cm³/mol. The average molecular weight is 293 g/mol. The highest BCUT2D eigenvalue weighted by Gasteiger charge is 2.32. The lowest BCUT2D eigenvalue weighted by Gasteiger charge is -2.27. The summed E-state index contributed by atoms with van der Waals surface area (Å²) in [6.45, 7) is 7.87. The van der Waals surface area contributed by atoms with Gasteiger partial charge in [-0.3, -0.25) is 4.79 Å². The van der Waals surface area contributed by atoms with Gasteiger partial charge in [-0.1, -0.05) is 19.8 Å². The number of hydrogen-bond acceptors (Lipinski definition) is 3. The van der Waals surface area contributed by atoms with Crippen molar-refractivity contribution >= 4 is 11.6 Å². The third-order valence-corrected chi connectivity index (χ3v) is 3.86. The van der Waals surface area contributed by atoms with Gasteiger partial charge in [-0.15, -0.1) is 0 Å². The van der Waals surface area contributed by atoms with Crippen molar-refractivity contribution in [2.75, 3.05) is 19.5 Å². The molecule has 4 heteroatoms. The van der Waals surface area contributed by atoms with Crippen LogP contribution in [0.25, 0.3) is 0 Å². The molecule has 0 bridgehead atoms. The van der Waals surface area contributed by atoms with E-state index in [2.05, 4.69) is 12.2 Å². The van der Waals surface area contributed by atoms with E-state index in [1.807, 2.05) is 32.9 Å². The number of anilines is 1. The molecule has 0 aliphatic heterocycles. The molecular weight excluding hydrogens is 266 g/mol. The van der Waals surface area contributed by atoms with Crippen LogP contribution in [0.3, 0.4) is 0 Å². The van der Waals surface area contributed by atoms with Crippen LogP contribution in [0.5, 0.6) is 5.75 Å². The van der Waals surface area contributed by atoms with Crippen LogP contribution in [-0.2, 0) is 9.53 Å². The summed E-state index contributed by atoms with van der Waals surface area (Å²) in [7, 11) is 3.24. The van der Waals surface area contributed by atoms with Crippen LogP contribution in [-0.4, -0.2) is 25.7 Å². The molecule has 1 unspecified atom stereocenters. The molecule has 1 rings (SSSR count). The third kappa shape index (κ3) is 4.21. The van der Waals surface area contributed by atoms with E-state index in [9.17, 15) is 4.79 Å². The molecule has 0 aliphatic carbocycles. The van der Waals surface area contributed by atoms with Crippen LogP contribution in [0.15, 0.2) is 12.1 Å². The van der Waals surface area contributed by atoms with Crippen LogP contribution in [0.1, 0.15) is 44.2 Å². The molecule has 0 fully saturated rings. The van der Waals surface area contributed by atoms with Crippen LogP contribution in [0, 0.1) is 13.8 Å². The molecule has 0 aromatic heterocycles. The van der Waals surface area contributed by atoms with Crippen LogP contribution < -0.4 is 10.1 Å². The third-order valence-electron chi connectivity index (χ3n) is 3.86. The average Bonchev–Trinajstić information content (AvgIpc) is 2.44. The maximum atomic E-state index is 12.5. The molecule has 1 aromatic carbocycles. The number of rotatable bonds is 7. The molecule has 21 heavy (non-hydrogen) atoms. The smallest absolute Gasteiger partial charge is 0.256 e. The van der Waals surface area contributed by atoms with Crippen molar-refractivity contribution < 1.29 is 14.3 Å². The first-order valence-electron chi connectivity index (χ1n) is 7.39. The Kier molecular flexibility index (Phi) is 6.21. The highest BCUT2D eigenvalue weighted by Crippen LogP contribution is 2.28. The van der Waals surface area contributed by atoms with Crippen LogP contribution >= 0.6 is 0 Å². The fraction of sp³-hybridized carbons (Fsp3) is 0.588. The Hall–Kier alpha value is -1.55. The second kappa shape index (κ2) is 7.46. The minimum atomic E-state index is -0.794. The molecule has 0 saturated carbocycles. The summed E-state index contributed by atoms with van der Waals surface area (Å²) in [6.07, 6.45) is 2.70. The van der Waals surface area contributed by atoms with Gasteiger partial charge in [-0.2, -0.15) is 0 Å². The van der Waals surface area contributed by atoms with Crippen molar-refractivity contribution in [3.63, 3.8) is 0 Å². The van der Waals surface area contributed by atoms with Crippen LogP contribution in [0.2, 0.25) is 0 Å². The first-order valence-corrected chi connectivity index (χ1v) is 7.39. The van der Waals surface area contributed by atoms with Gasteiger partial charge >= 0.3 is 0 Å². The minimum absolute atomic E-state index is 0.109. The highest BCUT2D eigenvalue weighted by molar-refractivity contribution is 5.97. The Balaban J connectivity index is 2.92. The number of methoxy groups -OCH3 is 2. The molecule has 0 heterocycles. The maximum absolute atomic E-state index is 12.5. The number of benzene rings is 1. The maximum Gasteiger partial charge on any atom is 0.256 e. The number of carbonyl (C=O) groups is 1. The largest absolute Gasteiger partial charge is 0.496 e. The number of ether oxygens (including phenoxy) is 2. The van der Waals surface area contributed by atoms with Crippen molar-refractivity contribution in [3.05, 3.63) is 23.3 Å². The van der Waals surface area contributed by atoms with Gasteiger partial charge in [-0.05, 0) is 50.5 Å². The van der Waals surface area contributed by atoms with Crippen molar-refractivity contribution in [1.82, 2.24) is 0 Å². The first-order chi connectivity index (χ1) is 9.87. The van der Waals surface area contributed by atoms with E-state index in [1.54, 1.807) is 14.2 Å². The summed E-state index contributed by atoms with van der Waals surface area (Å²) in [4.78, 5) is 12.5. The molecular formula is C17H27NO3. The zero-order valence-corrected chi connectivity index (χ0v) is 14.0. The topological polar surface area (TPSA) is 47.6 Å². The fourth-order valence-corrected chi connectivity index (χ4v) is 2.43. The van der Waals surface area contributed by atoms with E-state index >= 15 is 0 Å². The number of aryl methyl sites for hydroxylation is 2. The van der Waals surface area contributed by atoms with Crippen LogP contribution in [0.4, 0.5) is 5.69 Å². The van der Waals surface area contributed by atoms with E-state index < -0.39 is 5.60 Å². The Bertz CT molecular complexity index is 476. The number of carbonyl (C=O) groups excluding carboxylic acids is 1. The van der Waals surface area contributed by atoms with Gasteiger partial charge in [-0.25, -0.2) is 0 Å². The van der Waals surface area contributed by atoms with E-state index in [0.29, 0.717) is 6.42 Å².